The fourth-order valence-corrected chi connectivity index (χ4v) is 3.91. The first kappa shape index (κ1) is 20.7. The fourth-order valence-electron chi connectivity index (χ4n) is 2.31. The highest BCUT2D eigenvalue weighted by Crippen LogP contribution is 2.34. The van der Waals surface area contributed by atoms with E-state index < -0.39 is 17.6 Å². The Morgan fingerprint density at radius 1 is 1.32 bits per heavy atom. The van der Waals surface area contributed by atoms with Crippen LogP contribution in [0, 0.1) is 0 Å². The zero-order valence-electron chi connectivity index (χ0n) is 14.2. The standard InChI is InChI=1S/C17H14ClF3N4OS2/c18-13-4-3-11(17(19,20)21)8-14(13)23-15(26)9-28-16-24-22-10-25(16)6-5-12-2-1-7-27-12/h1-4,7-8,10H,5-6,9H2,(H,23,26). The number of alkyl halides is 3. The first-order valence-corrected chi connectivity index (χ1v) is 10.3. The first-order chi connectivity index (χ1) is 13.3. The maximum Gasteiger partial charge on any atom is 0.416 e. The first-order valence-electron chi connectivity index (χ1n) is 8.02. The van der Waals surface area contributed by atoms with E-state index in [1.165, 1.54) is 4.88 Å². The van der Waals surface area contributed by atoms with Crippen LogP contribution < -0.4 is 5.32 Å². The van der Waals surface area contributed by atoms with Crippen LogP contribution in [0.1, 0.15) is 10.4 Å². The molecule has 1 aromatic carbocycles. The van der Waals surface area contributed by atoms with Crippen LogP contribution in [0.15, 0.2) is 47.2 Å². The Hall–Kier alpha value is -2.04. The number of amides is 1. The smallest absolute Gasteiger partial charge is 0.324 e. The highest BCUT2D eigenvalue weighted by Gasteiger charge is 2.31. The second kappa shape index (κ2) is 8.97. The van der Waals surface area contributed by atoms with Gasteiger partial charge in [-0.3, -0.25) is 4.79 Å². The SMILES string of the molecule is O=C(CSc1nncn1CCc1cccs1)Nc1cc(C(F)(F)F)ccc1Cl. The number of benzene rings is 1. The van der Waals surface area contributed by atoms with Gasteiger partial charge in [-0.25, -0.2) is 0 Å². The molecule has 0 bridgehead atoms. The number of hydrogen-bond acceptors (Lipinski definition) is 5. The summed E-state index contributed by atoms with van der Waals surface area (Å²) in [6, 6.07) is 6.80. The van der Waals surface area contributed by atoms with Crippen molar-refractivity contribution in [3.05, 3.63) is 57.5 Å². The van der Waals surface area contributed by atoms with Crippen molar-refractivity contribution in [1.29, 1.82) is 0 Å². The van der Waals surface area contributed by atoms with Crippen LogP contribution in [0.25, 0.3) is 0 Å². The average molecular weight is 447 g/mol. The van der Waals surface area contributed by atoms with E-state index in [2.05, 4.69) is 15.5 Å². The molecule has 2 aromatic heterocycles. The van der Waals surface area contributed by atoms with Gasteiger partial charge in [0.1, 0.15) is 6.33 Å². The van der Waals surface area contributed by atoms with Crippen molar-refractivity contribution >= 4 is 46.3 Å². The van der Waals surface area contributed by atoms with Crippen molar-refractivity contribution in [2.45, 2.75) is 24.3 Å². The molecule has 148 valence electrons. The zero-order chi connectivity index (χ0) is 20.1. The van der Waals surface area contributed by atoms with Gasteiger partial charge in [-0.2, -0.15) is 13.2 Å². The summed E-state index contributed by atoms with van der Waals surface area (Å²) >= 11 is 8.70. The molecule has 0 aliphatic rings. The lowest BCUT2D eigenvalue weighted by atomic mass is 10.2. The zero-order valence-corrected chi connectivity index (χ0v) is 16.6. The van der Waals surface area contributed by atoms with E-state index in [1.807, 2.05) is 22.1 Å². The highest BCUT2D eigenvalue weighted by molar-refractivity contribution is 7.99. The minimum Gasteiger partial charge on any atom is -0.324 e. The van der Waals surface area contributed by atoms with Crippen molar-refractivity contribution in [1.82, 2.24) is 14.8 Å². The van der Waals surface area contributed by atoms with Gasteiger partial charge in [0.25, 0.3) is 0 Å². The number of nitrogens with zero attached hydrogens (tertiary/aromatic N) is 3. The second-order valence-corrected chi connectivity index (χ2v) is 8.05. The summed E-state index contributed by atoms with van der Waals surface area (Å²) in [7, 11) is 0. The van der Waals surface area contributed by atoms with Crippen molar-refractivity contribution < 1.29 is 18.0 Å². The number of thiophene rings is 1. The number of anilines is 1. The lowest BCUT2D eigenvalue weighted by Gasteiger charge is -2.11. The number of aromatic nitrogens is 3. The molecule has 1 N–H and O–H groups in total. The maximum absolute atomic E-state index is 12.8. The van der Waals surface area contributed by atoms with Crippen molar-refractivity contribution in [3.8, 4) is 0 Å². The van der Waals surface area contributed by atoms with Gasteiger partial charge in [0.15, 0.2) is 5.16 Å². The lowest BCUT2D eigenvalue weighted by molar-refractivity contribution is -0.137. The molecule has 0 fully saturated rings. The molecule has 0 atom stereocenters. The van der Waals surface area contributed by atoms with E-state index >= 15 is 0 Å². The van der Waals surface area contributed by atoms with E-state index in [-0.39, 0.29) is 16.5 Å². The fraction of sp³-hybridized carbons (Fsp3) is 0.235. The number of halogens is 4. The van der Waals surface area contributed by atoms with Gasteiger partial charge in [0, 0.05) is 11.4 Å². The van der Waals surface area contributed by atoms with Gasteiger partial charge in [-0.05, 0) is 36.1 Å². The van der Waals surface area contributed by atoms with Crippen LogP contribution in [0.5, 0.6) is 0 Å². The minimum absolute atomic E-state index is 0.0328. The molecule has 3 aromatic rings. The summed E-state index contributed by atoms with van der Waals surface area (Å²) in [5, 5.41) is 12.8. The van der Waals surface area contributed by atoms with E-state index in [4.69, 9.17) is 11.6 Å². The Morgan fingerprint density at radius 3 is 2.86 bits per heavy atom. The number of carbonyl (C=O) groups excluding carboxylic acids is 1. The lowest BCUT2D eigenvalue weighted by Crippen LogP contribution is -2.16. The van der Waals surface area contributed by atoms with Gasteiger partial charge in [0.2, 0.25) is 5.91 Å². The molecule has 0 unspecified atom stereocenters. The third-order valence-corrected chi connectivity index (χ3v) is 5.91. The van der Waals surface area contributed by atoms with Crippen LogP contribution in [0.3, 0.4) is 0 Å². The van der Waals surface area contributed by atoms with E-state index in [9.17, 15) is 18.0 Å². The third kappa shape index (κ3) is 5.49. The number of nitrogens with one attached hydrogen (secondary N) is 1. The molecule has 3 rings (SSSR count). The van der Waals surface area contributed by atoms with E-state index in [0.29, 0.717) is 11.7 Å². The van der Waals surface area contributed by atoms with Crippen LogP contribution in [-0.4, -0.2) is 26.4 Å². The summed E-state index contributed by atoms with van der Waals surface area (Å²) in [6.07, 6.45) is -2.12. The Labute approximate surface area is 171 Å². The molecule has 0 saturated carbocycles. The molecule has 0 aliphatic heterocycles. The van der Waals surface area contributed by atoms with Gasteiger partial charge in [-0.15, -0.1) is 21.5 Å². The van der Waals surface area contributed by atoms with E-state index in [0.717, 1.165) is 36.4 Å². The predicted octanol–water partition coefficient (Wildman–Crippen LogP) is 4.99. The molecular formula is C17H14ClF3N4OS2. The van der Waals surface area contributed by atoms with Gasteiger partial charge < -0.3 is 9.88 Å². The normalized spacial score (nSPS) is 11.6. The molecule has 0 radical (unpaired) electrons. The van der Waals surface area contributed by atoms with Crippen molar-refractivity contribution in [2.24, 2.45) is 0 Å². The Kier molecular flexibility index (Phi) is 6.63. The average Bonchev–Trinajstić information content (AvgIpc) is 3.30. The summed E-state index contributed by atoms with van der Waals surface area (Å²) in [4.78, 5) is 13.4. The highest BCUT2D eigenvalue weighted by atomic mass is 35.5. The van der Waals surface area contributed by atoms with Gasteiger partial charge in [-0.1, -0.05) is 29.4 Å². The molecule has 1 amide bonds. The van der Waals surface area contributed by atoms with Crippen LogP contribution in [0.4, 0.5) is 18.9 Å². The summed E-state index contributed by atoms with van der Waals surface area (Å²) in [5.74, 6) is -0.524. The van der Waals surface area contributed by atoms with Crippen molar-refractivity contribution in [2.75, 3.05) is 11.1 Å². The predicted molar refractivity (Wildman–Crippen MR) is 104 cm³/mol. The second-order valence-electron chi connectivity index (χ2n) is 5.67. The van der Waals surface area contributed by atoms with Crippen molar-refractivity contribution in [3.63, 3.8) is 0 Å². The monoisotopic (exact) mass is 446 g/mol. The molecular weight excluding hydrogens is 433 g/mol. The molecule has 0 saturated heterocycles. The summed E-state index contributed by atoms with van der Waals surface area (Å²) < 4.78 is 40.3. The molecule has 0 spiro atoms. The molecule has 11 heteroatoms. The number of hydrogen-bond donors (Lipinski definition) is 1. The molecule has 0 aliphatic carbocycles. The van der Waals surface area contributed by atoms with Gasteiger partial charge >= 0.3 is 6.18 Å². The Morgan fingerprint density at radius 2 is 2.14 bits per heavy atom. The quantitative estimate of drug-likeness (QED) is 0.520. The number of thioether (sulfide) groups is 1. The summed E-state index contributed by atoms with van der Waals surface area (Å²) in [5.41, 5.74) is -0.963. The maximum atomic E-state index is 12.8. The Bertz CT molecular complexity index is 944. The molecule has 2 heterocycles. The van der Waals surface area contributed by atoms with Crippen LogP contribution in [-0.2, 0) is 23.9 Å². The third-order valence-electron chi connectivity index (χ3n) is 3.66. The largest absolute Gasteiger partial charge is 0.416 e. The van der Waals surface area contributed by atoms with Crippen LogP contribution >= 0.6 is 34.7 Å². The van der Waals surface area contributed by atoms with Gasteiger partial charge in [0.05, 0.1) is 22.0 Å². The Balaban J connectivity index is 1.57. The molecule has 28 heavy (non-hydrogen) atoms. The number of rotatable bonds is 7. The molecule has 5 nitrogen and oxygen atoms in total. The summed E-state index contributed by atoms with van der Waals surface area (Å²) in [6.45, 7) is 0.664. The number of carbonyl (C=O) groups is 1. The topological polar surface area (TPSA) is 59.8 Å². The number of aryl methyl sites for hydroxylation is 2. The van der Waals surface area contributed by atoms with E-state index in [1.54, 1.807) is 17.7 Å². The van der Waals surface area contributed by atoms with Crippen LogP contribution in [0.2, 0.25) is 5.02 Å². The minimum atomic E-state index is -4.52.